The maximum absolute atomic E-state index is 13.0. The predicted molar refractivity (Wildman–Crippen MR) is 108 cm³/mol. The van der Waals surface area contributed by atoms with Crippen LogP contribution in [0.25, 0.3) is 11.5 Å². The molecule has 8 heteroatoms. The number of benzene rings is 2. The number of ether oxygens (including phenoxy) is 1. The van der Waals surface area contributed by atoms with Gasteiger partial charge in [-0.3, -0.25) is 0 Å². The molecular weight excluding hydrogens is 390 g/mol. The lowest BCUT2D eigenvalue weighted by Gasteiger charge is -2.16. The van der Waals surface area contributed by atoms with Crippen LogP contribution in [0.2, 0.25) is 0 Å². The van der Waals surface area contributed by atoms with Gasteiger partial charge in [-0.05, 0) is 17.7 Å². The van der Waals surface area contributed by atoms with Crippen molar-refractivity contribution < 1.29 is 17.6 Å². The van der Waals surface area contributed by atoms with Gasteiger partial charge < -0.3 is 9.15 Å². The first-order valence-corrected chi connectivity index (χ1v) is 11.1. The van der Waals surface area contributed by atoms with Crippen molar-refractivity contribution >= 4 is 10.0 Å². The third kappa shape index (κ3) is 4.39. The summed E-state index contributed by atoms with van der Waals surface area (Å²) in [6, 6.07) is 18.7. The van der Waals surface area contributed by atoms with E-state index in [0.717, 1.165) is 11.1 Å². The molecule has 2 heterocycles. The molecule has 0 saturated carbocycles. The molecule has 1 fully saturated rings. The molecule has 152 valence electrons. The standard InChI is InChI=1S/C21H23N3O4S/c1-27-14-18-12-24(29(25,26)15-16-8-4-2-5-9-16)13-19(18)21-23-22-20(28-21)17-10-6-3-7-11-17/h2-11,18-19H,12-15H2,1H3/t18-,19+/m0/s1. The Morgan fingerprint density at radius 2 is 1.72 bits per heavy atom. The minimum atomic E-state index is -3.46. The highest BCUT2D eigenvalue weighted by Crippen LogP contribution is 2.35. The predicted octanol–water partition coefficient (Wildman–Crippen LogP) is 2.93. The van der Waals surface area contributed by atoms with Gasteiger partial charge in [0, 0.05) is 31.7 Å². The normalized spacial score (nSPS) is 20.2. The maximum atomic E-state index is 13.0. The number of rotatable bonds is 7. The largest absolute Gasteiger partial charge is 0.420 e. The lowest BCUT2D eigenvalue weighted by molar-refractivity contribution is 0.147. The Morgan fingerprint density at radius 3 is 2.41 bits per heavy atom. The molecule has 4 rings (SSSR count). The second kappa shape index (κ2) is 8.44. The van der Waals surface area contributed by atoms with E-state index in [1.54, 1.807) is 7.11 Å². The maximum Gasteiger partial charge on any atom is 0.247 e. The molecule has 0 amide bonds. The number of nitrogens with zero attached hydrogens (tertiary/aromatic N) is 3. The summed E-state index contributed by atoms with van der Waals surface area (Å²) in [6.45, 7) is 1.10. The first-order valence-electron chi connectivity index (χ1n) is 9.46. The fourth-order valence-corrected chi connectivity index (χ4v) is 5.28. The summed E-state index contributed by atoms with van der Waals surface area (Å²) in [6.07, 6.45) is 0. The van der Waals surface area contributed by atoms with E-state index < -0.39 is 10.0 Å². The monoisotopic (exact) mass is 413 g/mol. The highest BCUT2D eigenvalue weighted by molar-refractivity contribution is 7.88. The lowest BCUT2D eigenvalue weighted by atomic mass is 9.97. The molecule has 0 radical (unpaired) electrons. The van der Waals surface area contributed by atoms with E-state index in [1.165, 1.54) is 4.31 Å². The van der Waals surface area contributed by atoms with E-state index in [4.69, 9.17) is 9.15 Å². The number of hydrogen-bond acceptors (Lipinski definition) is 6. The zero-order valence-electron chi connectivity index (χ0n) is 16.1. The van der Waals surface area contributed by atoms with Gasteiger partial charge in [-0.1, -0.05) is 48.5 Å². The summed E-state index contributed by atoms with van der Waals surface area (Å²) in [5.74, 6) is 0.602. The second-order valence-corrected chi connectivity index (χ2v) is 9.16. The first-order chi connectivity index (χ1) is 14.1. The van der Waals surface area contributed by atoms with E-state index in [1.807, 2.05) is 60.7 Å². The Bertz CT molecular complexity index is 1040. The summed E-state index contributed by atoms with van der Waals surface area (Å²) in [5, 5.41) is 8.37. The molecule has 2 atom stereocenters. The minimum Gasteiger partial charge on any atom is -0.420 e. The molecule has 3 aromatic rings. The highest BCUT2D eigenvalue weighted by Gasteiger charge is 2.42. The number of sulfonamides is 1. The number of hydrogen-bond donors (Lipinski definition) is 0. The molecule has 2 aromatic carbocycles. The van der Waals surface area contributed by atoms with Gasteiger partial charge in [0.25, 0.3) is 0 Å². The van der Waals surface area contributed by atoms with Gasteiger partial charge in [0.05, 0.1) is 18.3 Å². The summed E-state index contributed by atoms with van der Waals surface area (Å²) in [5.41, 5.74) is 1.60. The Hall–Kier alpha value is -2.55. The van der Waals surface area contributed by atoms with Crippen LogP contribution in [0.3, 0.4) is 0 Å². The van der Waals surface area contributed by atoms with Crippen LogP contribution in [-0.2, 0) is 20.5 Å². The molecule has 1 aliphatic heterocycles. The summed E-state index contributed by atoms with van der Waals surface area (Å²) < 4.78 is 38.7. The van der Waals surface area contributed by atoms with Gasteiger partial charge in [-0.25, -0.2) is 12.7 Å². The minimum absolute atomic E-state index is 0.0284. The average molecular weight is 413 g/mol. The Morgan fingerprint density at radius 1 is 1.03 bits per heavy atom. The van der Waals surface area contributed by atoms with Crippen molar-refractivity contribution in [3.63, 3.8) is 0 Å². The van der Waals surface area contributed by atoms with Crippen LogP contribution in [0.1, 0.15) is 17.4 Å². The van der Waals surface area contributed by atoms with Gasteiger partial charge in [0.2, 0.25) is 21.8 Å². The van der Waals surface area contributed by atoms with Crippen LogP contribution in [-0.4, -0.2) is 49.7 Å². The molecule has 1 saturated heterocycles. The molecular formula is C21H23N3O4S. The van der Waals surface area contributed by atoms with Crippen molar-refractivity contribution in [1.82, 2.24) is 14.5 Å². The number of aromatic nitrogens is 2. The fourth-order valence-electron chi connectivity index (χ4n) is 3.68. The summed E-state index contributed by atoms with van der Waals surface area (Å²) in [7, 11) is -1.85. The zero-order chi connectivity index (χ0) is 20.3. The van der Waals surface area contributed by atoms with E-state index in [2.05, 4.69) is 10.2 Å². The van der Waals surface area contributed by atoms with Crippen LogP contribution >= 0.6 is 0 Å². The molecule has 1 aromatic heterocycles. The smallest absolute Gasteiger partial charge is 0.247 e. The molecule has 1 aliphatic rings. The van der Waals surface area contributed by atoms with Crippen molar-refractivity contribution in [1.29, 1.82) is 0 Å². The van der Waals surface area contributed by atoms with Crippen molar-refractivity contribution in [2.24, 2.45) is 5.92 Å². The zero-order valence-corrected chi connectivity index (χ0v) is 17.0. The van der Waals surface area contributed by atoms with Crippen LogP contribution in [0.5, 0.6) is 0 Å². The van der Waals surface area contributed by atoms with Gasteiger partial charge in [0.15, 0.2) is 0 Å². The second-order valence-electron chi connectivity index (χ2n) is 7.19. The molecule has 29 heavy (non-hydrogen) atoms. The summed E-state index contributed by atoms with van der Waals surface area (Å²) in [4.78, 5) is 0. The molecule has 0 bridgehead atoms. The molecule has 0 spiro atoms. The number of methoxy groups -OCH3 is 1. The Balaban J connectivity index is 1.55. The van der Waals surface area contributed by atoms with Gasteiger partial charge in [-0.2, -0.15) is 0 Å². The third-order valence-electron chi connectivity index (χ3n) is 5.15. The van der Waals surface area contributed by atoms with Gasteiger partial charge in [-0.15, -0.1) is 10.2 Å². The fraction of sp³-hybridized carbons (Fsp3) is 0.333. The van der Waals surface area contributed by atoms with E-state index in [9.17, 15) is 8.42 Å². The van der Waals surface area contributed by atoms with Crippen molar-refractivity contribution in [2.45, 2.75) is 11.7 Å². The third-order valence-corrected chi connectivity index (χ3v) is 6.94. The molecule has 7 nitrogen and oxygen atoms in total. The average Bonchev–Trinajstić information content (AvgIpc) is 3.37. The van der Waals surface area contributed by atoms with Crippen LogP contribution < -0.4 is 0 Å². The summed E-state index contributed by atoms with van der Waals surface area (Å²) >= 11 is 0. The van der Waals surface area contributed by atoms with Crippen LogP contribution in [0.15, 0.2) is 65.1 Å². The van der Waals surface area contributed by atoms with E-state index >= 15 is 0 Å². The highest BCUT2D eigenvalue weighted by atomic mass is 32.2. The SMILES string of the molecule is COC[C@@H]1CN(S(=O)(=O)Cc2ccccc2)C[C@H]1c1nnc(-c2ccccc2)o1. The molecule has 0 aliphatic carbocycles. The lowest BCUT2D eigenvalue weighted by Crippen LogP contribution is -2.30. The van der Waals surface area contributed by atoms with Gasteiger partial charge >= 0.3 is 0 Å². The van der Waals surface area contributed by atoms with Crippen molar-refractivity contribution in [2.75, 3.05) is 26.8 Å². The first kappa shape index (κ1) is 19.8. The van der Waals surface area contributed by atoms with Crippen LogP contribution in [0.4, 0.5) is 0 Å². The Labute approximate surface area is 170 Å². The van der Waals surface area contributed by atoms with E-state index in [-0.39, 0.29) is 17.6 Å². The van der Waals surface area contributed by atoms with Crippen molar-refractivity contribution in [3.05, 3.63) is 72.1 Å². The van der Waals surface area contributed by atoms with Crippen molar-refractivity contribution in [3.8, 4) is 11.5 Å². The topological polar surface area (TPSA) is 85.5 Å². The van der Waals surface area contributed by atoms with Gasteiger partial charge in [0.1, 0.15) is 0 Å². The Kier molecular flexibility index (Phi) is 5.75. The molecule has 0 unspecified atom stereocenters. The van der Waals surface area contributed by atoms with Crippen LogP contribution in [0, 0.1) is 5.92 Å². The quantitative estimate of drug-likeness (QED) is 0.592. The molecule has 0 N–H and O–H groups in total. The van der Waals surface area contributed by atoms with E-state index in [0.29, 0.717) is 31.5 Å².